The van der Waals surface area contributed by atoms with Gasteiger partial charge in [0.15, 0.2) is 0 Å². The molecular weight excluding hydrogens is 224 g/mol. The molecule has 98 valence electrons. The van der Waals surface area contributed by atoms with Crippen LogP contribution in [0.25, 0.3) is 0 Å². The number of aryl methyl sites for hydroxylation is 1. The molecule has 1 heterocycles. The zero-order valence-corrected chi connectivity index (χ0v) is 11.4. The highest BCUT2D eigenvalue weighted by molar-refractivity contribution is 5.99. The number of rotatable bonds is 1. The molecule has 1 aromatic rings. The van der Waals surface area contributed by atoms with Gasteiger partial charge in [-0.15, -0.1) is 0 Å². The molecule has 1 aromatic carbocycles. The third-order valence-electron chi connectivity index (χ3n) is 3.87. The number of likely N-dealkylation sites (tertiary alicyclic amines) is 1. The Kier molecular flexibility index (Phi) is 3.60. The van der Waals surface area contributed by atoms with Crippen LogP contribution in [0.2, 0.25) is 0 Å². The van der Waals surface area contributed by atoms with E-state index in [-0.39, 0.29) is 5.91 Å². The van der Waals surface area contributed by atoms with E-state index in [4.69, 9.17) is 5.73 Å². The smallest absolute Gasteiger partial charge is 0.256 e. The van der Waals surface area contributed by atoms with Crippen molar-refractivity contribution in [3.63, 3.8) is 0 Å². The van der Waals surface area contributed by atoms with Crippen LogP contribution in [0.1, 0.15) is 49.0 Å². The maximum atomic E-state index is 12.6. The van der Waals surface area contributed by atoms with Gasteiger partial charge in [0.1, 0.15) is 0 Å². The fourth-order valence-corrected chi connectivity index (χ4v) is 2.82. The Morgan fingerprint density at radius 1 is 1.28 bits per heavy atom. The number of hydrogen-bond acceptors (Lipinski definition) is 2. The zero-order chi connectivity index (χ0) is 13.3. The molecule has 1 aliphatic rings. The van der Waals surface area contributed by atoms with Crippen molar-refractivity contribution >= 4 is 11.6 Å². The lowest BCUT2D eigenvalue weighted by Gasteiger charge is -2.39. The third kappa shape index (κ3) is 2.35. The SMILES string of the molecule is Cc1ccc(N)c(C(=O)N2[C@H](C)CCC[C@@H]2C)c1. The van der Waals surface area contributed by atoms with Crippen LogP contribution < -0.4 is 5.73 Å². The van der Waals surface area contributed by atoms with Crippen LogP contribution in [0.3, 0.4) is 0 Å². The lowest BCUT2D eigenvalue weighted by atomic mass is 9.96. The molecule has 1 saturated heterocycles. The minimum atomic E-state index is 0.0795. The second kappa shape index (κ2) is 5.01. The molecule has 0 unspecified atom stereocenters. The summed E-state index contributed by atoms with van der Waals surface area (Å²) in [7, 11) is 0. The summed E-state index contributed by atoms with van der Waals surface area (Å²) in [4.78, 5) is 14.6. The fraction of sp³-hybridized carbons (Fsp3) is 0.533. The minimum absolute atomic E-state index is 0.0795. The highest BCUT2D eigenvalue weighted by atomic mass is 16.2. The summed E-state index contributed by atoms with van der Waals surface area (Å²) in [5.74, 6) is 0.0795. The molecule has 0 spiro atoms. The first-order valence-electron chi connectivity index (χ1n) is 6.69. The minimum Gasteiger partial charge on any atom is -0.398 e. The number of hydrogen-bond donors (Lipinski definition) is 1. The number of benzene rings is 1. The summed E-state index contributed by atoms with van der Waals surface area (Å²) in [5.41, 5.74) is 8.24. The number of nitrogens with zero attached hydrogens (tertiary/aromatic N) is 1. The average Bonchev–Trinajstić information content (AvgIpc) is 2.32. The van der Waals surface area contributed by atoms with Crippen LogP contribution >= 0.6 is 0 Å². The molecule has 2 N–H and O–H groups in total. The quantitative estimate of drug-likeness (QED) is 0.774. The molecule has 0 radical (unpaired) electrons. The number of nitrogens with two attached hydrogens (primary N) is 1. The van der Waals surface area contributed by atoms with E-state index in [1.165, 1.54) is 6.42 Å². The van der Waals surface area contributed by atoms with Gasteiger partial charge in [0.05, 0.1) is 5.56 Å². The van der Waals surface area contributed by atoms with Gasteiger partial charge in [0, 0.05) is 17.8 Å². The maximum Gasteiger partial charge on any atom is 0.256 e. The first-order valence-corrected chi connectivity index (χ1v) is 6.69. The molecule has 1 amide bonds. The summed E-state index contributed by atoms with van der Waals surface area (Å²) in [6.45, 7) is 6.23. The molecule has 0 saturated carbocycles. The summed E-state index contributed by atoms with van der Waals surface area (Å²) in [6, 6.07) is 6.27. The van der Waals surface area contributed by atoms with Crippen molar-refractivity contribution in [3.8, 4) is 0 Å². The van der Waals surface area contributed by atoms with Gasteiger partial charge in [-0.1, -0.05) is 11.6 Å². The monoisotopic (exact) mass is 246 g/mol. The Bertz CT molecular complexity index is 446. The Morgan fingerprint density at radius 2 is 1.89 bits per heavy atom. The number of carbonyl (C=O) groups is 1. The predicted octanol–water partition coefficient (Wildman–Crippen LogP) is 2.98. The van der Waals surface area contributed by atoms with E-state index in [0.717, 1.165) is 18.4 Å². The maximum absolute atomic E-state index is 12.6. The van der Waals surface area contributed by atoms with E-state index in [1.54, 1.807) is 0 Å². The van der Waals surface area contributed by atoms with Gasteiger partial charge >= 0.3 is 0 Å². The van der Waals surface area contributed by atoms with E-state index in [9.17, 15) is 4.79 Å². The molecule has 18 heavy (non-hydrogen) atoms. The Balaban J connectivity index is 2.32. The molecule has 2 atom stereocenters. The van der Waals surface area contributed by atoms with Crippen molar-refractivity contribution in [2.24, 2.45) is 0 Å². The van der Waals surface area contributed by atoms with E-state index >= 15 is 0 Å². The lowest BCUT2D eigenvalue weighted by Crippen LogP contribution is -2.47. The van der Waals surface area contributed by atoms with Gasteiger partial charge in [-0.25, -0.2) is 0 Å². The second-order valence-electron chi connectivity index (χ2n) is 5.43. The molecule has 3 nitrogen and oxygen atoms in total. The van der Waals surface area contributed by atoms with Crippen molar-refractivity contribution in [2.45, 2.75) is 52.1 Å². The van der Waals surface area contributed by atoms with Gasteiger partial charge < -0.3 is 10.6 Å². The molecule has 1 aliphatic heterocycles. The van der Waals surface area contributed by atoms with E-state index in [2.05, 4.69) is 13.8 Å². The van der Waals surface area contributed by atoms with Crippen LogP contribution in [0.5, 0.6) is 0 Å². The standard InChI is InChI=1S/C15H22N2O/c1-10-7-8-14(16)13(9-10)15(18)17-11(2)5-4-6-12(17)3/h7-9,11-12H,4-6,16H2,1-3H3/t11-,12+. The van der Waals surface area contributed by atoms with Crippen LogP contribution in [0.15, 0.2) is 18.2 Å². The first kappa shape index (κ1) is 12.9. The van der Waals surface area contributed by atoms with Gasteiger partial charge in [-0.2, -0.15) is 0 Å². The molecule has 0 aromatic heterocycles. The van der Waals surface area contributed by atoms with Crippen LogP contribution in [-0.2, 0) is 0 Å². The topological polar surface area (TPSA) is 46.3 Å². The Hall–Kier alpha value is -1.51. The number of carbonyl (C=O) groups excluding carboxylic acids is 1. The fourth-order valence-electron chi connectivity index (χ4n) is 2.82. The summed E-state index contributed by atoms with van der Waals surface area (Å²) >= 11 is 0. The Labute approximate surface area is 109 Å². The number of nitrogen functional groups attached to an aromatic ring is 1. The molecule has 1 fully saturated rings. The number of piperidine rings is 1. The van der Waals surface area contributed by atoms with Crippen LogP contribution in [-0.4, -0.2) is 22.9 Å². The molecule has 2 rings (SSSR count). The lowest BCUT2D eigenvalue weighted by molar-refractivity contribution is 0.0512. The van der Waals surface area contributed by atoms with Crippen LogP contribution in [0.4, 0.5) is 5.69 Å². The number of amides is 1. The predicted molar refractivity (Wildman–Crippen MR) is 74.5 cm³/mol. The summed E-state index contributed by atoms with van der Waals surface area (Å²) in [5, 5.41) is 0. The van der Waals surface area contributed by atoms with Crippen molar-refractivity contribution in [1.29, 1.82) is 0 Å². The van der Waals surface area contributed by atoms with E-state index in [1.807, 2.05) is 30.0 Å². The van der Waals surface area contributed by atoms with E-state index in [0.29, 0.717) is 23.3 Å². The van der Waals surface area contributed by atoms with Crippen molar-refractivity contribution in [3.05, 3.63) is 29.3 Å². The normalized spacial score (nSPS) is 24.1. The van der Waals surface area contributed by atoms with Crippen molar-refractivity contribution in [1.82, 2.24) is 4.90 Å². The number of anilines is 1. The largest absolute Gasteiger partial charge is 0.398 e. The first-order chi connectivity index (χ1) is 8.50. The molecule has 0 bridgehead atoms. The van der Waals surface area contributed by atoms with Gasteiger partial charge in [0.25, 0.3) is 5.91 Å². The highest BCUT2D eigenvalue weighted by Gasteiger charge is 2.30. The summed E-state index contributed by atoms with van der Waals surface area (Å²) < 4.78 is 0. The molecule has 0 aliphatic carbocycles. The van der Waals surface area contributed by atoms with E-state index < -0.39 is 0 Å². The molecule has 3 heteroatoms. The average molecular weight is 246 g/mol. The third-order valence-corrected chi connectivity index (χ3v) is 3.87. The zero-order valence-electron chi connectivity index (χ0n) is 11.4. The Morgan fingerprint density at radius 3 is 2.50 bits per heavy atom. The van der Waals surface area contributed by atoms with Gasteiger partial charge in [-0.05, 0) is 52.2 Å². The second-order valence-corrected chi connectivity index (χ2v) is 5.43. The van der Waals surface area contributed by atoms with Crippen molar-refractivity contribution < 1.29 is 4.79 Å². The summed E-state index contributed by atoms with van der Waals surface area (Å²) in [6.07, 6.45) is 3.37. The highest BCUT2D eigenvalue weighted by Crippen LogP contribution is 2.26. The van der Waals surface area contributed by atoms with Gasteiger partial charge in [0.2, 0.25) is 0 Å². The van der Waals surface area contributed by atoms with Gasteiger partial charge in [-0.3, -0.25) is 4.79 Å². The molecular formula is C15H22N2O. The van der Waals surface area contributed by atoms with Crippen LogP contribution in [0, 0.1) is 6.92 Å². The van der Waals surface area contributed by atoms with Crippen molar-refractivity contribution in [2.75, 3.05) is 5.73 Å².